The lowest BCUT2D eigenvalue weighted by Gasteiger charge is -2.09. The molecule has 0 bridgehead atoms. The van der Waals surface area contributed by atoms with Crippen LogP contribution in [0.15, 0.2) is 54.6 Å². The summed E-state index contributed by atoms with van der Waals surface area (Å²) >= 11 is 0. The Hall–Kier alpha value is -3.02. The van der Waals surface area contributed by atoms with Gasteiger partial charge in [-0.05, 0) is 36.8 Å². The van der Waals surface area contributed by atoms with Crippen LogP contribution in [0.2, 0.25) is 0 Å². The molecule has 0 spiro atoms. The lowest BCUT2D eigenvalue weighted by molar-refractivity contribution is -0.116. The molecule has 0 aromatic heterocycles. The maximum absolute atomic E-state index is 11.9. The molecular formula is C18H21N3O3. The number of urea groups is 1. The predicted octanol–water partition coefficient (Wildman–Crippen LogP) is 3.24. The standard InChI is InChI=1S/C18H21N3O3/c1-19-18(23)21-15-8-5-7-14(13-15)20-17(22)11-6-12-24-16-9-3-2-4-10-16/h2-5,7-10,13H,6,11-12H2,1H3,(H,20,22)(H2,19,21,23). The number of hydrogen-bond donors (Lipinski definition) is 3. The van der Waals surface area contributed by atoms with Crippen molar-refractivity contribution in [1.29, 1.82) is 0 Å². The summed E-state index contributed by atoms with van der Waals surface area (Å²) in [7, 11) is 1.54. The smallest absolute Gasteiger partial charge is 0.318 e. The Labute approximate surface area is 141 Å². The van der Waals surface area contributed by atoms with Crippen molar-refractivity contribution in [3.63, 3.8) is 0 Å². The molecule has 0 atom stereocenters. The van der Waals surface area contributed by atoms with Gasteiger partial charge in [-0.3, -0.25) is 4.79 Å². The summed E-state index contributed by atoms with van der Waals surface area (Å²) in [5.41, 5.74) is 1.25. The molecule has 0 aliphatic heterocycles. The molecule has 6 nitrogen and oxygen atoms in total. The third-order valence-corrected chi connectivity index (χ3v) is 3.19. The van der Waals surface area contributed by atoms with Crippen LogP contribution in [0.4, 0.5) is 16.2 Å². The highest BCUT2D eigenvalue weighted by Gasteiger charge is 2.04. The molecule has 24 heavy (non-hydrogen) atoms. The van der Waals surface area contributed by atoms with Gasteiger partial charge in [-0.25, -0.2) is 4.79 Å². The van der Waals surface area contributed by atoms with Crippen molar-refractivity contribution in [2.24, 2.45) is 0 Å². The molecule has 0 aliphatic carbocycles. The molecule has 0 fully saturated rings. The summed E-state index contributed by atoms with van der Waals surface area (Å²) in [5, 5.41) is 7.93. The summed E-state index contributed by atoms with van der Waals surface area (Å²) in [5.74, 6) is 0.703. The van der Waals surface area contributed by atoms with Crippen LogP contribution in [0, 0.1) is 0 Å². The van der Waals surface area contributed by atoms with Crippen LogP contribution < -0.4 is 20.7 Å². The van der Waals surface area contributed by atoms with E-state index < -0.39 is 0 Å². The van der Waals surface area contributed by atoms with Crippen molar-refractivity contribution in [2.75, 3.05) is 24.3 Å². The van der Waals surface area contributed by atoms with Gasteiger partial charge in [-0.2, -0.15) is 0 Å². The van der Waals surface area contributed by atoms with Gasteiger partial charge in [0.2, 0.25) is 5.91 Å². The predicted molar refractivity (Wildman–Crippen MR) is 94.3 cm³/mol. The van der Waals surface area contributed by atoms with Crippen molar-refractivity contribution in [2.45, 2.75) is 12.8 Å². The Morgan fingerprint density at radius 2 is 1.67 bits per heavy atom. The second-order valence-corrected chi connectivity index (χ2v) is 5.10. The third-order valence-electron chi connectivity index (χ3n) is 3.19. The van der Waals surface area contributed by atoms with Crippen LogP contribution >= 0.6 is 0 Å². The highest BCUT2D eigenvalue weighted by atomic mass is 16.5. The molecule has 3 amide bonds. The second kappa shape index (κ2) is 9.19. The van der Waals surface area contributed by atoms with E-state index in [9.17, 15) is 9.59 Å². The molecule has 0 unspecified atom stereocenters. The van der Waals surface area contributed by atoms with Crippen LogP contribution in [-0.4, -0.2) is 25.6 Å². The van der Waals surface area contributed by atoms with Crippen molar-refractivity contribution in [3.05, 3.63) is 54.6 Å². The van der Waals surface area contributed by atoms with Crippen LogP contribution in [0.5, 0.6) is 5.75 Å². The highest BCUT2D eigenvalue weighted by molar-refractivity contribution is 5.93. The minimum atomic E-state index is -0.309. The maximum atomic E-state index is 11.9. The Morgan fingerprint density at radius 3 is 2.38 bits per heavy atom. The van der Waals surface area contributed by atoms with Crippen LogP contribution in [0.3, 0.4) is 0 Å². The number of carbonyl (C=O) groups excluding carboxylic acids is 2. The van der Waals surface area contributed by atoms with E-state index in [0.717, 1.165) is 5.75 Å². The maximum Gasteiger partial charge on any atom is 0.318 e. The van der Waals surface area contributed by atoms with Gasteiger partial charge in [0.25, 0.3) is 0 Å². The fraction of sp³-hybridized carbons (Fsp3) is 0.222. The first-order chi connectivity index (χ1) is 11.7. The molecule has 0 saturated carbocycles. The molecule has 126 valence electrons. The van der Waals surface area contributed by atoms with Gasteiger partial charge in [0, 0.05) is 24.8 Å². The quantitative estimate of drug-likeness (QED) is 0.683. The molecule has 0 heterocycles. The van der Waals surface area contributed by atoms with Gasteiger partial charge in [0.15, 0.2) is 0 Å². The summed E-state index contributed by atoms with van der Waals surface area (Å²) < 4.78 is 5.55. The summed E-state index contributed by atoms with van der Waals surface area (Å²) in [6.07, 6.45) is 0.983. The first kappa shape index (κ1) is 17.3. The van der Waals surface area contributed by atoms with E-state index in [1.54, 1.807) is 31.3 Å². The molecule has 0 saturated heterocycles. The normalized spacial score (nSPS) is 9.88. The van der Waals surface area contributed by atoms with E-state index in [0.29, 0.717) is 30.8 Å². The van der Waals surface area contributed by atoms with Crippen molar-refractivity contribution >= 4 is 23.3 Å². The average molecular weight is 327 g/mol. The monoisotopic (exact) mass is 327 g/mol. The molecule has 3 N–H and O–H groups in total. The topological polar surface area (TPSA) is 79.5 Å². The molecule has 2 rings (SSSR count). The molecule has 6 heteroatoms. The first-order valence-corrected chi connectivity index (χ1v) is 7.74. The Morgan fingerprint density at radius 1 is 0.958 bits per heavy atom. The number of carbonyl (C=O) groups is 2. The zero-order valence-corrected chi connectivity index (χ0v) is 13.5. The largest absolute Gasteiger partial charge is 0.494 e. The van der Waals surface area contributed by atoms with Gasteiger partial charge in [-0.1, -0.05) is 24.3 Å². The summed E-state index contributed by atoms with van der Waals surface area (Å²) in [6, 6.07) is 16.2. The Kier molecular flexibility index (Phi) is 6.64. The number of anilines is 2. The van der Waals surface area contributed by atoms with Gasteiger partial charge < -0.3 is 20.7 Å². The van der Waals surface area contributed by atoms with E-state index in [1.807, 2.05) is 30.3 Å². The minimum absolute atomic E-state index is 0.0937. The first-order valence-electron chi connectivity index (χ1n) is 7.74. The average Bonchev–Trinajstić information content (AvgIpc) is 2.60. The fourth-order valence-corrected chi connectivity index (χ4v) is 2.03. The lowest BCUT2D eigenvalue weighted by Crippen LogP contribution is -2.24. The number of ether oxygens (including phenoxy) is 1. The molecule has 0 aliphatic rings. The number of amides is 3. The van der Waals surface area contributed by atoms with Crippen LogP contribution in [0.1, 0.15) is 12.8 Å². The van der Waals surface area contributed by atoms with E-state index in [2.05, 4.69) is 16.0 Å². The van der Waals surface area contributed by atoms with E-state index >= 15 is 0 Å². The van der Waals surface area contributed by atoms with Gasteiger partial charge in [-0.15, -0.1) is 0 Å². The molecule has 2 aromatic carbocycles. The van der Waals surface area contributed by atoms with Gasteiger partial charge in [0.1, 0.15) is 5.75 Å². The van der Waals surface area contributed by atoms with E-state index in [1.165, 1.54) is 0 Å². The molecule has 2 aromatic rings. The number of hydrogen-bond acceptors (Lipinski definition) is 3. The van der Waals surface area contributed by atoms with Gasteiger partial charge >= 0.3 is 6.03 Å². The molecule has 0 radical (unpaired) electrons. The van der Waals surface area contributed by atoms with E-state index in [4.69, 9.17) is 4.74 Å². The Balaban J connectivity index is 1.74. The van der Waals surface area contributed by atoms with Crippen LogP contribution in [-0.2, 0) is 4.79 Å². The highest BCUT2D eigenvalue weighted by Crippen LogP contribution is 2.15. The van der Waals surface area contributed by atoms with E-state index in [-0.39, 0.29) is 11.9 Å². The third kappa shape index (κ3) is 6.00. The summed E-state index contributed by atoms with van der Waals surface area (Å²) in [6.45, 7) is 0.482. The fourth-order valence-electron chi connectivity index (χ4n) is 2.03. The van der Waals surface area contributed by atoms with Crippen molar-refractivity contribution < 1.29 is 14.3 Å². The zero-order chi connectivity index (χ0) is 17.2. The SMILES string of the molecule is CNC(=O)Nc1cccc(NC(=O)CCCOc2ccccc2)c1. The number of para-hydroxylation sites is 1. The number of benzene rings is 2. The lowest BCUT2D eigenvalue weighted by atomic mass is 10.2. The second-order valence-electron chi connectivity index (χ2n) is 5.10. The van der Waals surface area contributed by atoms with Crippen molar-refractivity contribution in [1.82, 2.24) is 5.32 Å². The van der Waals surface area contributed by atoms with Gasteiger partial charge in [0.05, 0.1) is 6.61 Å². The van der Waals surface area contributed by atoms with Crippen LogP contribution in [0.25, 0.3) is 0 Å². The zero-order valence-electron chi connectivity index (χ0n) is 13.5. The summed E-state index contributed by atoms with van der Waals surface area (Å²) in [4.78, 5) is 23.2. The van der Waals surface area contributed by atoms with Crippen molar-refractivity contribution in [3.8, 4) is 5.75 Å². The Bertz CT molecular complexity index is 674. The number of rotatable bonds is 7. The number of nitrogens with one attached hydrogen (secondary N) is 3. The molecular weight excluding hydrogens is 306 g/mol. The minimum Gasteiger partial charge on any atom is -0.494 e.